The molecule has 0 bridgehead atoms. The molecule has 1 saturated heterocycles. The van der Waals surface area contributed by atoms with Gasteiger partial charge < -0.3 is 9.80 Å². The number of nitrogens with zero attached hydrogens (tertiary/aromatic N) is 4. The molecule has 1 fully saturated rings. The number of para-hydroxylation sites is 1. The second-order valence-corrected chi connectivity index (χ2v) is 6.48. The van der Waals surface area contributed by atoms with Gasteiger partial charge in [-0.05, 0) is 32.0 Å². The quantitative estimate of drug-likeness (QED) is 0.771. The SMILES string of the molecule is CC(CC#N)N(C)C(=O)CCCN1CCN(c2ccccc2)CC1. The fourth-order valence-electron chi connectivity index (χ4n) is 3.01. The lowest BCUT2D eigenvalue weighted by Gasteiger charge is -2.36. The summed E-state index contributed by atoms with van der Waals surface area (Å²) in [5, 5.41) is 8.72. The maximum absolute atomic E-state index is 12.1. The highest BCUT2D eigenvalue weighted by Crippen LogP contribution is 2.15. The Balaban J connectivity index is 1.66. The molecule has 1 aromatic carbocycles. The Bertz CT molecular complexity index is 546. The molecule has 1 aliphatic rings. The summed E-state index contributed by atoms with van der Waals surface area (Å²) in [6, 6.07) is 12.6. The number of hydrogen-bond donors (Lipinski definition) is 0. The number of hydrogen-bond acceptors (Lipinski definition) is 4. The van der Waals surface area contributed by atoms with Crippen LogP contribution in [-0.4, -0.2) is 61.5 Å². The van der Waals surface area contributed by atoms with E-state index in [2.05, 4.69) is 40.1 Å². The summed E-state index contributed by atoms with van der Waals surface area (Å²) >= 11 is 0. The molecule has 2 rings (SSSR count). The van der Waals surface area contributed by atoms with Crippen molar-refractivity contribution in [2.24, 2.45) is 0 Å². The van der Waals surface area contributed by atoms with E-state index in [1.165, 1.54) is 5.69 Å². The van der Waals surface area contributed by atoms with Crippen molar-refractivity contribution < 1.29 is 4.79 Å². The van der Waals surface area contributed by atoms with Crippen molar-refractivity contribution in [3.63, 3.8) is 0 Å². The van der Waals surface area contributed by atoms with Crippen molar-refractivity contribution in [1.29, 1.82) is 5.26 Å². The first-order valence-electron chi connectivity index (χ1n) is 8.76. The van der Waals surface area contributed by atoms with Crippen molar-refractivity contribution in [2.45, 2.75) is 32.2 Å². The Labute approximate surface area is 145 Å². The van der Waals surface area contributed by atoms with Gasteiger partial charge in [-0.1, -0.05) is 18.2 Å². The van der Waals surface area contributed by atoms with Gasteiger partial charge in [-0.25, -0.2) is 0 Å². The summed E-state index contributed by atoms with van der Waals surface area (Å²) in [4.78, 5) is 18.7. The Morgan fingerprint density at radius 1 is 1.25 bits per heavy atom. The molecule has 1 aromatic rings. The van der Waals surface area contributed by atoms with E-state index in [1.807, 2.05) is 13.0 Å². The average Bonchev–Trinajstić information content (AvgIpc) is 2.62. The number of benzene rings is 1. The van der Waals surface area contributed by atoms with Crippen LogP contribution in [0.1, 0.15) is 26.2 Å². The van der Waals surface area contributed by atoms with Crippen LogP contribution < -0.4 is 4.90 Å². The van der Waals surface area contributed by atoms with Gasteiger partial charge in [0.25, 0.3) is 0 Å². The predicted molar refractivity (Wildman–Crippen MR) is 96.8 cm³/mol. The van der Waals surface area contributed by atoms with Crippen molar-refractivity contribution in [3.05, 3.63) is 30.3 Å². The van der Waals surface area contributed by atoms with E-state index in [9.17, 15) is 4.79 Å². The van der Waals surface area contributed by atoms with Gasteiger partial charge in [-0.3, -0.25) is 9.69 Å². The minimum Gasteiger partial charge on any atom is -0.369 e. The molecule has 0 aliphatic carbocycles. The van der Waals surface area contributed by atoms with Crippen LogP contribution in [0, 0.1) is 11.3 Å². The van der Waals surface area contributed by atoms with Crippen LogP contribution in [0.5, 0.6) is 0 Å². The molecule has 5 nitrogen and oxygen atoms in total. The number of rotatable bonds is 7. The Morgan fingerprint density at radius 3 is 2.54 bits per heavy atom. The van der Waals surface area contributed by atoms with E-state index >= 15 is 0 Å². The first-order chi connectivity index (χ1) is 11.6. The molecule has 130 valence electrons. The van der Waals surface area contributed by atoms with E-state index < -0.39 is 0 Å². The third-order valence-electron chi connectivity index (χ3n) is 4.80. The number of carbonyl (C=O) groups is 1. The van der Waals surface area contributed by atoms with Gasteiger partial charge >= 0.3 is 0 Å². The van der Waals surface area contributed by atoms with E-state index in [0.717, 1.165) is 39.1 Å². The number of carbonyl (C=O) groups excluding carboxylic acids is 1. The first kappa shape index (κ1) is 18.3. The molecule has 24 heavy (non-hydrogen) atoms. The summed E-state index contributed by atoms with van der Waals surface area (Å²) in [5.41, 5.74) is 1.29. The van der Waals surface area contributed by atoms with Gasteiger partial charge in [0, 0.05) is 51.4 Å². The zero-order valence-electron chi connectivity index (χ0n) is 14.8. The largest absolute Gasteiger partial charge is 0.369 e. The molecule has 5 heteroatoms. The summed E-state index contributed by atoms with van der Waals surface area (Å²) < 4.78 is 0. The van der Waals surface area contributed by atoms with Crippen LogP contribution >= 0.6 is 0 Å². The number of piperazine rings is 1. The fourth-order valence-corrected chi connectivity index (χ4v) is 3.01. The van der Waals surface area contributed by atoms with Crippen LogP contribution in [0.3, 0.4) is 0 Å². The van der Waals surface area contributed by atoms with Gasteiger partial charge in [0.05, 0.1) is 12.5 Å². The molecule has 0 spiro atoms. The third-order valence-corrected chi connectivity index (χ3v) is 4.80. The molecule has 1 heterocycles. The molecule has 0 aromatic heterocycles. The van der Waals surface area contributed by atoms with Gasteiger partial charge in [0.2, 0.25) is 5.91 Å². The smallest absolute Gasteiger partial charge is 0.222 e. The fraction of sp³-hybridized carbons (Fsp3) is 0.579. The summed E-state index contributed by atoms with van der Waals surface area (Å²) in [6.07, 6.45) is 1.84. The lowest BCUT2D eigenvalue weighted by Crippen LogP contribution is -2.46. The number of anilines is 1. The van der Waals surface area contributed by atoms with Crippen LogP contribution in [0.15, 0.2) is 30.3 Å². The van der Waals surface area contributed by atoms with Crippen molar-refractivity contribution in [1.82, 2.24) is 9.80 Å². The molecule has 1 amide bonds. The number of nitriles is 1. The Morgan fingerprint density at radius 2 is 1.92 bits per heavy atom. The second-order valence-electron chi connectivity index (χ2n) is 6.48. The first-order valence-corrected chi connectivity index (χ1v) is 8.76. The zero-order valence-corrected chi connectivity index (χ0v) is 14.8. The maximum Gasteiger partial charge on any atom is 0.222 e. The Hall–Kier alpha value is -2.06. The lowest BCUT2D eigenvalue weighted by molar-refractivity contribution is -0.131. The van der Waals surface area contributed by atoms with E-state index in [1.54, 1.807) is 11.9 Å². The van der Waals surface area contributed by atoms with Crippen molar-refractivity contribution >= 4 is 11.6 Å². The minimum absolute atomic E-state index is 0.00285. The molecule has 0 saturated carbocycles. The molecular weight excluding hydrogens is 300 g/mol. The Kier molecular flexibility index (Phi) is 7.07. The molecule has 0 N–H and O–H groups in total. The van der Waals surface area contributed by atoms with Gasteiger partial charge in [0.15, 0.2) is 0 Å². The van der Waals surface area contributed by atoms with Crippen molar-refractivity contribution in [2.75, 3.05) is 44.7 Å². The zero-order chi connectivity index (χ0) is 17.4. The summed E-state index contributed by atoms with van der Waals surface area (Å²) in [7, 11) is 1.79. The van der Waals surface area contributed by atoms with Crippen LogP contribution in [0.25, 0.3) is 0 Å². The van der Waals surface area contributed by atoms with E-state index in [0.29, 0.717) is 12.8 Å². The highest BCUT2D eigenvalue weighted by atomic mass is 16.2. The van der Waals surface area contributed by atoms with Gasteiger partial charge in [-0.2, -0.15) is 5.26 Å². The van der Waals surface area contributed by atoms with E-state index in [4.69, 9.17) is 5.26 Å². The topological polar surface area (TPSA) is 50.6 Å². The molecule has 1 aliphatic heterocycles. The normalized spacial score (nSPS) is 16.5. The second kappa shape index (κ2) is 9.29. The molecule has 0 radical (unpaired) electrons. The van der Waals surface area contributed by atoms with Crippen LogP contribution in [0.4, 0.5) is 5.69 Å². The number of amides is 1. The van der Waals surface area contributed by atoms with Gasteiger partial charge in [-0.15, -0.1) is 0 Å². The van der Waals surface area contributed by atoms with Crippen molar-refractivity contribution in [3.8, 4) is 6.07 Å². The predicted octanol–water partition coefficient (Wildman–Crippen LogP) is 2.35. The molecule has 1 unspecified atom stereocenters. The highest BCUT2D eigenvalue weighted by Gasteiger charge is 2.18. The maximum atomic E-state index is 12.1. The monoisotopic (exact) mass is 328 g/mol. The third kappa shape index (κ3) is 5.24. The molecule has 1 atom stereocenters. The minimum atomic E-state index is -0.00285. The molecular formula is C19H28N4O. The average molecular weight is 328 g/mol. The summed E-state index contributed by atoms with van der Waals surface area (Å²) in [6.45, 7) is 7.06. The standard InChI is InChI=1S/C19H28N4O/c1-17(10-11-20)21(2)19(24)9-6-12-22-13-15-23(16-14-22)18-7-4-3-5-8-18/h3-5,7-8,17H,6,9-10,12-16H2,1-2H3. The van der Waals surface area contributed by atoms with Crippen LogP contribution in [-0.2, 0) is 4.79 Å². The summed E-state index contributed by atoms with van der Waals surface area (Å²) in [5.74, 6) is 0.140. The highest BCUT2D eigenvalue weighted by molar-refractivity contribution is 5.76. The van der Waals surface area contributed by atoms with Crippen LogP contribution in [0.2, 0.25) is 0 Å². The lowest BCUT2D eigenvalue weighted by atomic mass is 10.2. The van der Waals surface area contributed by atoms with E-state index in [-0.39, 0.29) is 11.9 Å². The van der Waals surface area contributed by atoms with Gasteiger partial charge in [0.1, 0.15) is 0 Å².